The number of ether oxygens (including phenoxy) is 1. The number of halogens is 1. The van der Waals surface area contributed by atoms with Crippen molar-refractivity contribution in [3.63, 3.8) is 0 Å². The molecule has 1 unspecified atom stereocenters. The molecule has 1 aromatic carbocycles. The number of benzene rings is 1. The molecule has 0 bridgehead atoms. The third-order valence-corrected chi connectivity index (χ3v) is 3.19. The van der Waals surface area contributed by atoms with Crippen molar-refractivity contribution in [2.75, 3.05) is 6.61 Å². The molecule has 0 aliphatic heterocycles. The van der Waals surface area contributed by atoms with Gasteiger partial charge < -0.3 is 4.74 Å². The number of carbonyl (C=O) groups excluding carboxylic acids is 1. The molecule has 0 saturated heterocycles. The molecule has 0 amide bonds. The van der Waals surface area contributed by atoms with E-state index in [1.54, 1.807) is 19.1 Å². The zero-order valence-corrected chi connectivity index (χ0v) is 11.8. The molecule has 0 aliphatic rings. The molecular formula is C16H23FO2. The van der Waals surface area contributed by atoms with E-state index in [0.29, 0.717) is 6.61 Å². The summed E-state index contributed by atoms with van der Waals surface area (Å²) < 4.78 is 18.0. The zero-order valence-electron chi connectivity index (χ0n) is 11.8. The molecule has 0 aliphatic carbocycles. The molecule has 1 atom stereocenters. The Labute approximate surface area is 115 Å². The molecule has 1 aromatic rings. The molecule has 2 nitrogen and oxygen atoms in total. The SMILES string of the molecule is CCCCCCC(C(=O)OCC)c1ccc(F)cc1. The number of unbranched alkanes of at least 4 members (excludes halogenated alkanes) is 3. The predicted octanol–water partition coefficient (Wildman–Crippen LogP) is 4.44. The molecular weight excluding hydrogens is 243 g/mol. The van der Waals surface area contributed by atoms with Gasteiger partial charge in [-0.25, -0.2) is 4.39 Å². The number of hydrogen-bond donors (Lipinski definition) is 0. The van der Waals surface area contributed by atoms with Crippen molar-refractivity contribution >= 4 is 5.97 Å². The maximum Gasteiger partial charge on any atom is 0.313 e. The van der Waals surface area contributed by atoms with Crippen molar-refractivity contribution in [2.45, 2.75) is 51.9 Å². The van der Waals surface area contributed by atoms with Gasteiger partial charge in [-0.15, -0.1) is 0 Å². The van der Waals surface area contributed by atoms with E-state index in [0.717, 1.165) is 24.8 Å². The van der Waals surface area contributed by atoms with Crippen LogP contribution in [0.3, 0.4) is 0 Å². The quantitative estimate of drug-likeness (QED) is 0.513. The van der Waals surface area contributed by atoms with Crippen LogP contribution in [0.2, 0.25) is 0 Å². The lowest BCUT2D eigenvalue weighted by Gasteiger charge is -2.16. The summed E-state index contributed by atoms with van der Waals surface area (Å²) in [5.74, 6) is -0.750. The lowest BCUT2D eigenvalue weighted by molar-refractivity contribution is -0.145. The Morgan fingerprint density at radius 2 is 1.84 bits per heavy atom. The van der Waals surface area contributed by atoms with E-state index in [-0.39, 0.29) is 17.7 Å². The van der Waals surface area contributed by atoms with Gasteiger partial charge in [-0.1, -0.05) is 44.7 Å². The minimum Gasteiger partial charge on any atom is -0.466 e. The molecule has 3 heteroatoms. The van der Waals surface area contributed by atoms with Crippen LogP contribution in [0, 0.1) is 5.82 Å². The molecule has 0 spiro atoms. The summed E-state index contributed by atoms with van der Waals surface area (Å²) in [5, 5.41) is 0. The average Bonchev–Trinajstić information content (AvgIpc) is 2.40. The standard InChI is InChI=1S/C16H23FO2/c1-3-5-6-7-8-15(16(18)19-4-2)13-9-11-14(17)12-10-13/h9-12,15H,3-8H2,1-2H3. The van der Waals surface area contributed by atoms with E-state index in [2.05, 4.69) is 6.92 Å². The number of carbonyl (C=O) groups is 1. The second kappa shape index (κ2) is 8.68. The van der Waals surface area contributed by atoms with Gasteiger partial charge >= 0.3 is 5.97 Å². The van der Waals surface area contributed by atoms with Gasteiger partial charge in [-0.2, -0.15) is 0 Å². The highest BCUT2D eigenvalue weighted by Crippen LogP contribution is 2.24. The highest BCUT2D eigenvalue weighted by molar-refractivity contribution is 5.78. The number of hydrogen-bond acceptors (Lipinski definition) is 2. The maximum atomic E-state index is 12.9. The maximum absolute atomic E-state index is 12.9. The first-order chi connectivity index (χ1) is 9.19. The fourth-order valence-electron chi connectivity index (χ4n) is 2.13. The highest BCUT2D eigenvalue weighted by Gasteiger charge is 2.21. The molecule has 0 N–H and O–H groups in total. The van der Waals surface area contributed by atoms with Gasteiger partial charge in [0.2, 0.25) is 0 Å². The van der Waals surface area contributed by atoms with Crippen molar-refractivity contribution in [3.8, 4) is 0 Å². The van der Waals surface area contributed by atoms with Crippen LogP contribution in [0.25, 0.3) is 0 Å². The Morgan fingerprint density at radius 3 is 2.42 bits per heavy atom. The van der Waals surface area contributed by atoms with E-state index in [4.69, 9.17) is 4.74 Å². The molecule has 0 fully saturated rings. The van der Waals surface area contributed by atoms with Crippen LogP contribution in [0.4, 0.5) is 4.39 Å². The van der Waals surface area contributed by atoms with Crippen LogP contribution in [0.15, 0.2) is 24.3 Å². The third kappa shape index (κ3) is 5.41. The van der Waals surface area contributed by atoms with Crippen molar-refractivity contribution in [2.24, 2.45) is 0 Å². The predicted molar refractivity (Wildman–Crippen MR) is 74.5 cm³/mol. The average molecular weight is 266 g/mol. The highest BCUT2D eigenvalue weighted by atomic mass is 19.1. The zero-order chi connectivity index (χ0) is 14.1. The fraction of sp³-hybridized carbons (Fsp3) is 0.562. The van der Waals surface area contributed by atoms with Crippen LogP contribution in [0.5, 0.6) is 0 Å². The minimum atomic E-state index is -0.280. The molecule has 0 heterocycles. The van der Waals surface area contributed by atoms with Crippen molar-refractivity contribution in [3.05, 3.63) is 35.6 Å². The summed E-state index contributed by atoms with van der Waals surface area (Å²) in [7, 11) is 0. The fourth-order valence-corrected chi connectivity index (χ4v) is 2.13. The number of esters is 1. The van der Waals surface area contributed by atoms with E-state index in [1.807, 2.05) is 0 Å². The topological polar surface area (TPSA) is 26.3 Å². The molecule has 19 heavy (non-hydrogen) atoms. The van der Waals surface area contributed by atoms with Crippen LogP contribution in [0.1, 0.15) is 57.4 Å². The first-order valence-corrected chi connectivity index (χ1v) is 7.11. The van der Waals surface area contributed by atoms with Gasteiger partial charge in [0, 0.05) is 0 Å². The largest absolute Gasteiger partial charge is 0.466 e. The van der Waals surface area contributed by atoms with Crippen LogP contribution in [-0.4, -0.2) is 12.6 Å². The number of rotatable bonds is 8. The smallest absolute Gasteiger partial charge is 0.313 e. The Balaban J connectivity index is 2.68. The minimum absolute atomic E-state index is 0.203. The Morgan fingerprint density at radius 1 is 1.16 bits per heavy atom. The van der Waals surface area contributed by atoms with Crippen molar-refractivity contribution < 1.29 is 13.9 Å². The van der Waals surface area contributed by atoms with Gasteiger partial charge in [-0.3, -0.25) is 4.79 Å². The van der Waals surface area contributed by atoms with E-state index < -0.39 is 0 Å². The van der Waals surface area contributed by atoms with E-state index in [9.17, 15) is 9.18 Å². The van der Waals surface area contributed by atoms with Crippen LogP contribution in [-0.2, 0) is 9.53 Å². The van der Waals surface area contributed by atoms with Gasteiger partial charge in [0.15, 0.2) is 0 Å². The first kappa shape index (κ1) is 15.7. The molecule has 0 aromatic heterocycles. The summed E-state index contributed by atoms with van der Waals surface area (Å²) in [6, 6.07) is 6.15. The molecule has 106 valence electrons. The summed E-state index contributed by atoms with van der Waals surface area (Å²) >= 11 is 0. The van der Waals surface area contributed by atoms with Gasteiger partial charge in [0.1, 0.15) is 5.82 Å². The third-order valence-electron chi connectivity index (χ3n) is 3.19. The van der Waals surface area contributed by atoms with Gasteiger partial charge in [0.25, 0.3) is 0 Å². The lowest BCUT2D eigenvalue weighted by atomic mass is 9.93. The molecule has 1 rings (SSSR count). The van der Waals surface area contributed by atoms with E-state index in [1.165, 1.54) is 25.0 Å². The van der Waals surface area contributed by atoms with Crippen molar-refractivity contribution in [1.29, 1.82) is 0 Å². The molecule has 0 radical (unpaired) electrons. The van der Waals surface area contributed by atoms with E-state index >= 15 is 0 Å². The Kier molecular flexibility index (Phi) is 7.16. The molecule has 0 saturated carbocycles. The monoisotopic (exact) mass is 266 g/mol. The van der Waals surface area contributed by atoms with Crippen LogP contribution < -0.4 is 0 Å². The van der Waals surface area contributed by atoms with Crippen molar-refractivity contribution in [1.82, 2.24) is 0 Å². The first-order valence-electron chi connectivity index (χ1n) is 7.11. The second-order valence-electron chi connectivity index (χ2n) is 4.71. The summed E-state index contributed by atoms with van der Waals surface area (Å²) in [4.78, 5) is 12.0. The lowest BCUT2D eigenvalue weighted by Crippen LogP contribution is -2.16. The Hall–Kier alpha value is -1.38. The Bertz CT molecular complexity index is 373. The van der Waals surface area contributed by atoms with Gasteiger partial charge in [0.05, 0.1) is 12.5 Å². The second-order valence-corrected chi connectivity index (χ2v) is 4.71. The summed E-state index contributed by atoms with van der Waals surface area (Å²) in [6.45, 7) is 4.34. The summed E-state index contributed by atoms with van der Waals surface area (Å²) in [5.41, 5.74) is 0.844. The van der Waals surface area contributed by atoms with Crippen LogP contribution >= 0.6 is 0 Å². The van der Waals surface area contributed by atoms with Gasteiger partial charge in [-0.05, 0) is 31.0 Å². The normalized spacial score (nSPS) is 12.2. The summed E-state index contributed by atoms with van der Waals surface area (Å²) in [6.07, 6.45) is 5.23.